The number of rotatable bonds is 3. The minimum atomic E-state index is 0.410. The van der Waals surface area contributed by atoms with Gasteiger partial charge in [0, 0.05) is 12.6 Å². The second-order valence-electron chi connectivity index (χ2n) is 5.68. The van der Waals surface area contributed by atoms with Gasteiger partial charge in [0.1, 0.15) is 0 Å². The van der Waals surface area contributed by atoms with Gasteiger partial charge in [0.2, 0.25) is 0 Å². The van der Waals surface area contributed by atoms with Crippen molar-refractivity contribution in [3.63, 3.8) is 0 Å². The lowest BCUT2D eigenvalue weighted by atomic mass is 9.78. The molecule has 4 unspecified atom stereocenters. The molecule has 0 radical (unpaired) electrons. The Morgan fingerprint density at radius 1 is 1.22 bits per heavy atom. The van der Waals surface area contributed by atoms with Gasteiger partial charge >= 0.3 is 0 Å². The fraction of sp³-hybridized carbons (Fsp3) is 0.600. The second kappa shape index (κ2) is 5.39. The highest BCUT2D eigenvalue weighted by atomic mass is 16.5. The SMILES string of the molecule is CC1CC2NNCC2CC1OCc1ccccc1. The van der Waals surface area contributed by atoms with Gasteiger partial charge in [0.25, 0.3) is 0 Å². The molecular weight excluding hydrogens is 224 g/mol. The standard InChI is InChI=1S/C15H22N2O/c1-11-7-14-13(9-16-17-14)8-15(11)18-10-12-5-3-2-4-6-12/h2-6,11,13-17H,7-10H2,1H3. The van der Waals surface area contributed by atoms with E-state index >= 15 is 0 Å². The summed E-state index contributed by atoms with van der Waals surface area (Å²) in [5.41, 5.74) is 7.92. The quantitative estimate of drug-likeness (QED) is 0.857. The Morgan fingerprint density at radius 2 is 2.06 bits per heavy atom. The molecule has 0 spiro atoms. The minimum absolute atomic E-state index is 0.410. The lowest BCUT2D eigenvalue weighted by Crippen LogP contribution is -2.41. The molecule has 3 rings (SSSR count). The van der Waals surface area contributed by atoms with E-state index in [-0.39, 0.29) is 0 Å². The maximum absolute atomic E-state index is 6.13. The molecule has 3 heteroatoms. The van der Waals surface area contributed by atoms with E-state index < -0.39 is 0 Å². The number of fused-ring (bicyclic) bond motifs is 1. The Morgan fingerprint density at radius 3 is 2.89 bits per heavy atom. The normalized spacial score (nSPS) is 35.4. The van der Waals surface area contributed by atoms with Gasteiger partial charge in [-0.05, 0) is 30.2 Å². The van der Waals surface area contributed by atoms with Gasteiger partial charge in [-0.25, -0.2) is 0 Å². The van der Waals surface area contributed by atoms with Gasteiger partial charge < -0.3 is 4.74 Å². The van der Waals surface area contributed by atoms with E-state index in [4.69, 9.17) is 4.74 Å². The molecule has 1 aliphatic heterocycles. The molecule has 0 aromatic heterocycles. The van der Waals surface area contributed by atoms with E-state index in [0.717, 1.165) is 19.1 Å². The third kappa shape index (κ3) is 2.58. The van der Waals surface area contributed by atoms with Gasteiger partial charge in [0.15, 0.2) is 0 Å². The van der Waals surface area contributed by atoms with Crippen molar-refractivity contribution in [1.29, 1.82) is 0 Å². The molecule has 1 saturated carbocycles. The smallest absolute Gasteiger partial charge is 0.0720 e. The van der Waals surface area contributed by atoms with Crippen molar-refractivity contribution in [2.45, 2.75) is 38.5 Å². The largest absolute Gasteiger partial charge is 0.373 e. The highest BCUT2D eigenvalue weighted by molar-refractivity contribution is 5.13. The Hall–Kier alpha value is -0.900. The van der Waals surface area contributed by atoms with Crippen LogP contribution in [0.1, 0.15) is 25.3 Å². The highest BCUT2D eigenvalue weighted by Gasteiger charge is 2.38. The zero-order chi connectivity index (χ0) is 12.4. The van der Waals surface area contributed by atoms with E-state index in [0.29, 0.717) is 18.1 Å². The average Bonchev–Trinajstić information content (AvgIpc) is 2.84. The van der Waals surface area contributed by atoms with Gasteiger partial charge in [-0.2, -0.15) is 0 Å². The van der Waals surface area contributed by atoms with Crippen LogP contribution in [0, 0.1) is 11.8 Å². The first-order valence-corrected chi connectivity index (χ1v) is 6.97. The summed E-state index contributed by atoms with van der Waals surface area (Å²) in [6.45, 7) is 4.14. The molecule has 1 aromatic carbocycles. The van der Waals surface area contributed by atoms with E-state index in [1.54, 1.807) is 0 Å². The summed E-state index contributed by atoms with van der Waals surface area (Å²) in [6.07, 6.45) is 2.81. The van der Waals surface area contributed by atoms with Crippen LogP contribution in [0.25, 0.3) is 0 Å². The Labute approximate surface area is 109 Å². The topological polar surface area (TPSA) is 33.3 Å². The maximum Gasteiger partial charge on any atom is 0.0720 e. The van der Waals surface area contributed by atoms with Crippen LogP contribution in [-0.4, -0.2) is 18.7 Å². The molecule has 1 aromatic rings. The first-order valence-electron chi connectivity index (χ1n) is 6.97. The van der Waals surface area contributed by atoms with Crippen LogP contribution in [-0.2, 0) is 11.3 Å². The molecule has 2 N–H and O–H groups in total. The number of benzene rings is 1. The summed E-state index contributed by atoms with van der Waals surface area (Å²) in [4.78, 5) is 0. The van der Waals surface area contributed by atoms with Gasteiger partial charge in [-0.15, -0.1) is 0 Å². The third-order valence-electron chi connectivity index (χ3n) is 4.32. The Kier molecular flexibility index (Phi) is 3.64. The number of nitrogens with one attached hydrogen (secondary N) is 2. The molecule has 2 aliphatic rings. The van der Waals surface area contributed by atoms with E-state index in [9.17, 15) is 0 Å². The van der Waals surface area contributed by atoms with Crippen LogP contribution >= 0.6 is 0 Å². The molecular formula is C15H22N2O. The molecule has 3 nitrogen and oxygen atoms in total. The van der Waals surface area contributed by atoms with Crippen LogP contribution in [0.4, 0.5) is 0 Å². The predicted octanol–water partition coefficient (Wildman–Crippen LogP) is 2.09. The number of hydrogen-bond donors (Lipinski definition) is 2. The molecule has 1 saturated heterocycles. The molecule has 4 atom stereocenters. The highest BCUT2D eigenvalue weighted by Crippen LogP contribution is 2.33. The molecule has 1 aliphatic carbocycles. The van der Waals surface area contributed by atoms with E-state index in [2.05, 4.69) is 42.0 Å². The third-order valence-corrected chi connectivity index (χ3v) is 4.32. The van der Waals surface area contributed by atoms with Gasteiger partial charge in [0.05, 0.1) is 12.7 Å². The van der Waals surface area contributed by atoms with E-state index in [1.807, 2.05) is 6.07 Å². The zero-order valence-electron chi connectivity index (χ0n) is 10.9. The van der Waals surface area contributed by atoms with Crippen molar-refractivity contribution in [2.75, 3.05) is 6.54 Å². The molecule has 0 bridgehead atoms. The molecule has 1 heterocycles. The first kappa shape index (κ1) is 12.2. The monoisotopic (exact) mass is 246 g/mol. The Balaban J connectivity index is 1.56. The maximum atomic E-state index is 6.13. The van der Waals surface area contributed by atoms with Gasteiger partial charge in [-0.3, -0.25) is 10.9 Å². The van der Waals surface area contributed by atoms with E-state index in [1.165, 1.54) is 18.4 Å². The second-order valence-corrected chi connectivity index (χ2v) is 5.68. The summed E-state index contributed by atoms with van der Waals surface area (Å²) >= 11 is 0. The number of ether oxygens (including phenoxy) is 1. The number of hydrogen-bond acceptors (Lipinski definition) is 3. The van der Waals surface area contributed by atoms with Crippen molar-refractivity contribution >= 4 is 0 Å². The van der Waals surface area contributed by atoms with Crippen LogP contribution < -0.4 is 10.9 Å². The lowest BCUT2D eigenvalue weighted by molar-refractivity contribution is -0.0318. The van der Waals surface area contributed by atoms with Gasteiger partial charge in [-0.1, -0.05) is 37.3 Å². The molecule has 18 heavy (non-hydrogen) atoms. The Bertz CT molecular complexity index is 381. The fourth-order valence-corrected chi connectivity index (χ4v) is 3.17. The average molecular weight is 246 g/mol. The predicted molar refractivity (Wildman–Crippen MR) is 71.8 cm³/mol. The lowest BCUT2D eigenvalue weighted by Gasteiger charge is -2.35. The molecule has 98 valence electrons. The van der Waals surface area contributed by atoms with Crippen molar-refractivity contribution < 1.29 is 4.74 Å². The zero-order valence-corrected chi connectivity index (χ0v) is 10.9. The summed E-state index contributed by atoms with van der Waals surface area (Å²) in [5, 5.41) is 0. The summed E-state index contributed by atoms with van der Waals surface area (Å²) in [6, 6.07) is 11.1. The van der Waals surface area contributed by atoms with Crippen molar-refractivity contribution in [3.8, 4) is 0 Å². The fourth-order valence-electron chi connectivity index (χ4n) is 3.17. The number of hydrazine groups is 1. The first-order chi connectivity index (χ1) is 8.83. The van der Waals surface area contributed by atoms with Crippen LogP contribution in [0.2, 0.25) is 0 Å². The summed E-state index contributed by atoms with van der Waals surface area (Å²) in [7, 11) is 0. The summed E-state index contributed by atoms with van der Waals surface area (Å²) < 4.78 is 6.13. The van der Waals surface area contributed by atoms with Crippen molar-refractivity contribution in [3.05, 3.63) is 35.9 Å². The summed E-state index contributed by atoms with van der Waals surface area (Å²) in [5.74, 6) is 1.38. The van der Waals surface area contributed by atoms with Crippen LogP contribution in [0.5, 0.6) is 0 Å². The molecule has 0 amide bonds. The van der Waals surface area contributed by atoms with Crippen molar-refractivity contribution in [1.82, 2.24) is 10.9 Å². The minimum Gasteiger partial charge on any atom is -0.373 e. The van der Waals surface area contributed by atoms with Crippen LogP contribution in [0.15, 0.2) is 30.3 Å². The van der Waals surface area contributed by atoms with Crippen molar-refractivity contribution in [2.24, 2.45) is 11.8 Å². The molecule has 2 fully saturated rings. The van der Waals surface area contributed by atoms with Crippen LogP contribution in [0.3, 0.4) is 0 Å².